The van der Waals surface area contributed by atoms with Crippen LogP contribution in [-0.2, 0) is 5.54 Å². The Labute approximate surface area is 376 Å². The SMILES string of the molecule is CC1CC=Cc2c1c1cc(C3c4oc5c6ccccc6c6ccccc6c5c4N=C(N4c5ccccc5C5=C(C5)C45c4ccccc4-c4ccccc45)N3C)ccc1n2-c1ccccc1. The normalized spacial score (nSPS) is 18.5. The van der Waals surface area contributed by atoms with Gasteiger partial charge in [-0.05, 0) is 116 Å². The number of hydrogen-bond acceptors (Lipinski definition) is 4. The predicted molar refractivity (Wildman–Crippen MR) is 266 cm³/mol. The second-order valence-electron chi connectivity index (χ2n) is 18.6. The van der Waals surface area contributed by atoms with Gasteiger partial charge in [-0.15, -0.1) is 0 Å². The number of aliphatic imine (C=N–C) groups is 1. The fourth-order valence-electron chi connectivity index (χ4n) is 12.7. The molecule has 5 heteroatoms. The molecule has 308 valence electrons. The van der Waals surface area contributed by atoms with Crippen molar-refractivity contribution in [1.82, 2.24) is 9.47 Å². The molecule has 10 aromatic rings. The lowest BCUT2D eigenvalue weighted by atomic mass is 9.80. The van der Waals surface area contributed by atoms with Crippen molar-refractivity contribution >= 4 is 72.4 Å². The number of benzene rings is 8. The summed E-state index contributed by atoms with van der Waals surface area (Å²) in [5.74, 6) is 2.14. The van der Waals surface area contributed by atoms with Gasteiger partial charge >= 0.3 is 0 Å². The molecule has 65 heavy (non-hydrogen) atoms. The number of anilines is 1. The molecule has 2 aromatic heterocycles. The molecule has 2 unspecified atom stereocenters. The summed E-state index contributed by atoms with van der Waals surface area (Å²) in [7, 11) is 2.25. The molecule has 0 fully saturated rings. The molecule has 0 saturated carbocycles. The van der Waals surface area contributed by atoms with Gasteiger partial charge in [-0.3, -0.25) is 4.90 Å². The lowest BCUT2D eigenvalue weighted by molar-refractivity contribution is 0.350. The summed E-state index contributed by atoms with van der Waals surface area (Å²) in [6.07, 6.45) is 6.64. The Morgan fingerprint density at radius 3 is 2.06 bits per heavy atom. The van der Waals surface area contributed by atoms with Crippen LogP contribution in [-0.4, -0.2) is 22.5 Å². The number of fused-ring (bicyclic) bond motifs is 19. The zero-order valence-corrected chi connectivity index (χ0v) is 36.1. The molecule has 0 saturated heterocycles. The third-order valence-electron chi connectivity index (χ3n) is 15.3. The van der Waals surface area contributed by atoms with Crippen molar-refractivity contribution in [3.63, 3.8) is 0 Å². The average Bonchev–Trinajstić information content (AvgIpc) is 3.87. The maximum absolute atomic E-state index is 7.44. The van der Waals surface area contributed by atoms with Gasteiger partial charge in [0.2, 0.25) is 5.96 Å². The first-order valence-electron chi connectivity index (χ1n) is 23.0. The number of allylic oxidation sites excluding steroid dienone is 2. The Bertz CT molecular complexity index is 3800. The molecule has 15 rings (SSSR count). The van der Waals surface area contributed by atoms with E-state index >= 15 is 0 Å². The van der Waals surface area contributed by atoms with Crippen molar-refractivity contribution in [3.05, 3.63) is 221 Å². The van der Waals surface area contributed by atoms with Gasteiger partial charge in [0, 0.05) is 34.8 Å². The lowest BCUT2D eigenvalue weighted by Crippen LogP contribution is -2.56. The molecule has 2 aliphatic heterocycles. The first-order chi connectivity index (χ1) is 32.1. The van der Waals surface area contributed by atoms with E-state index in [1.54, 1.807) is 0 Å². The van der Waals surface area contributed by atoms with Crippen LogP contribution in [0.25, 0.3) is 71.9 Å². The van der Waals surface area contributed by atoms with E-state index in [2.05, 4.69) is 210 Å². The fourth-order valence-corrected chi connectivity index (χ4v) is 12.7. The molecule has 0 amide bonds. The van der Waals surface area contributed by atoms with E-state index in [-0.39, 0.29) is 6.04 Å². The minimum absolute atomic E-state index is 0.303. The Balaban J connectivity index is 1.06. The molecule has 4 heterocycles. The van der Waals surface area contributed by atoms with Crippen molar-refractivity contribution in [3.8, 4) is 16.8 Å². The van der Waals surface area contributed by atoms with Crippen molar-refractivity contribution in [2.45, 2.75) is 37.3 Å². The molecule has 3 aliphatic carbocycles. The number of hydrogen-bond donors (Lipinski definition) is 0. The van der Waals surface area contributed by atoms with Crippen LogP contribution < -0.4 is 4.90 Å². The van der Waals surface area contributed by atoms with Crippen LogP contribution in [0.5, 0.6) is 0 Å². The lowest BCUT2D eigenvalue weighted by Gasteiger charge is -2.49. The van der Waals surface area contributed by atoms with Gasteiger partial charge < -0.3 is 13.9 Å². The van der Waals surface area contributed by atoms with Gasteiger partial charge in [0.05, 0.1) is 16.6 Å². The quantitative estimate of drug-likeness (QED) is 0.163. The highest BCUT2D eigenvalue weighted by atomic mass is 16.3. The van der Waals surface area contributed by atoms with Gasteiger partial charge in [0.15, 0.2) is 5.76 Å². The summed E-state index contributed by atoms with van der Waals surface area (Å²) in [6, 6.07) is 62.4. The van der Waals surface area contributed by atoms with E-state index in [9.17, 15) is 0 Å². The van der Waals surface area contributed by atoms with Crippen LogP contribution in [0.4, 0.5) is 11.4 Å². The molecule has 0 N–H and O–H groups in total. The Morgan fingerprint density at radius 1 is 0.646 bits per heavy atom. The summed E-state index contributed by atoms with van der Waals surface area (Å²) in [6.45, 7) is 2.38. The molecule has 8 aromatic carbocycles. The van der Waals surface area contributed by atoms with E-state index < -0.39 is 5.54 Å². The summed E-state index contributed by atoms with van der Waals surface area (Å²) in [4.78, 5) is 11.1. The second-order valence-corrected chi connectivity index (χ2v) is 18.6. The van der Waals surface area contributed by atoms with Gasteiger partial charge in [-0.2, -0.15) is 0 Å². The fraction of sp³-hybridized carbons (Fsp3) is 0.117. The molecule has 0 radical (unpaired) electrons. The molecule has 1 spiro atoms. The summed E-state index contributed by atoms with van der Waals surface area (Å²) >= 11 is 0. The molecular weight excluding hydrogens is 793 g/mol. The minimum atomic E-state index is -0.585. The van der Waals surface area contributed by atoms with Gasteiger partial charge in [0.1, 0.15) is 22.9 Å². The number of furan rings is 1. The summed E-state index contributed by atoms with van der Waals surface area (Å²) < 4.78 is 9.89. The maximum atomic E-state index is 7.44. The monoisotopic (exact) mass is 834 g/mol. The smallest absolute Gasteiger partial charge is 0.208 e. The van der Waals surface area contributed by atoms with Crippen LogP contribution in [0.2, 0.25) is 0 Å². The minimum Gasteiger partial charge on any atom is -0.455 e. The number of nitrogens with zero attached hydrogens (tertiary/aromatic N) is 4. The number of rotatable bonds is 2. The van der Waals surface area contributed by atoms with Crippen LogP contribution in [0.15, 0.2) is 191 Å². The summed E-state index contributed by atoms with van der Waals surface area (Å²) in [5.41, 5.74) is 18.0. The molecule has 5 nitrogen and oxygen atoms in total. The van der Waals surface area contributed by atoms with E-state index in [1.165, 1.54) is 88.8 Å². The zero-order valence-electron chi connectivity index (χ0n) is 36.1. The average molecular weight is 835 g/mol. The first kappa shape index (κ1) is 35.6. The van der Waals surface area contributed by atoms with Crippen molar-refractivity contribution in [1.29, 1.82) is 0 Å². The van der Waals surface area contributed by atoms with Gasteiger partial charge in [-0.25, -0.2) is 4.99 Å². The topological polar surface area (TPSA) is 36.9 Å². The van der Waals surface area contributed by atoms with E-state index in [0.717, 1.165) is 52.0 Å². The zero-order chi connectivity index (χ0) is 42.7. The molecular formula is C60H42N4O. The standard InChI is InChI=1S/C60H42N4O/c1-35-17-16-30-52-53(35)46-33-36(31-32-50(46)63(52)37-18-4-3-5-19-37)56-58-55(54-43-25-8-6-20-38(43)39-21-7-9-26-44(39)57(54)65-58)61-59(62(56)2)64-51-29-15-12-24-42(51)45-34-49(45)60(64)47-27-13-10-22-40(47)41-23-11-14-28-48(41)60/h3-16,18-33,35,56H,17,34H2,1-2H3. The molecule has 2 atom stereocenters. The van der Waals surface area contributed by atoms with Crippen LogP contribution >= 0.6 is 0 Å². The van der Waals surface area contributed by atoms with Crippen LogP contribution in [0.3, 0.4) is 0 Å². The highest BCUT2D eigenvalue weighted by molar-refractivity contribution is 6.27. The molecule has 0 bridgehead atoms. The van der Waals surface area contributed by atoms with Crippen molar-refractivity contribution in [2.75, 3.05) is 11.9 Å². The second kappa shape index (κ2) is 12.6. The number of aromatic nitrogens is 1. The van der Waals surface area contributed by atoms with E-state index in [0.29, 0.717) is 5.92 Å². The Morgan fingerprint density at radius 2 is 1.29 bits per heavy atom. The maximum Gasteiger partial charge on any atom is 0.208 e. The summed E-state index contributed by atoms with van der Waals surface area (Å²) in [5, 5.41) is 7.00. The number of guanidine groups is 1. The Kier molecular flexibility index (Phi) is 6.91. The van der Waals surface area contributed by atoms with Crippen molar-refractivity contribution in [2.24, 2.45) is 4.99 Å². The van der Waals surface area contributed by atoms with Gasteiger partial charge in [0.25, 0.3) is 0 Å². The molecule has 5 aliphatic rings. The first-order valence-corrected chi connectivity index (χ1v) is 23.0. The highest BCUT2D eigenvalue weighted by Crippen LogP contribution is 2.68. The Hall–Kier alpha value is -7.89. The van der Waals surface area contributed by atoms with E-state index in [4.69, 9.17) is 9.41 Å². The largest absolute Gasteiger partial charge is 0.455 e. The van der Waals surface area contributed by atoms with Crippen LogP contribution in [0, 0.1) is 0 Å². The number of para-hydroxylation sites is 2. The van der Waals surface area contributed by atoms with Crippen molar-refractivity contribution < 1.29 is 4.42 Å². The third-order valence-corrected chi connectivity index (χ3v) is 15.3. The predicted octanol–water partition coefficient (Wildman–Crippen LogP) is 14.8. The third kappa shape index (κ3) is 4.45. The van der Waals surface area contributed by atoms with Gasteiger partial charge in [-0.1, -0.05) is 153 Å². The van der Waals surface area contributed by atoms with Crippen LogP contribution in [0.1, 0.15) is 71.0 Å². The highest BCUT2D eigenvalue weighted by Gasteiger charge is 2.60. The van der Waals surface area contributed by atoms with E-state index in [1.807, 2.05) is 0 Å².